The van der Waals surface area contributed by atoms with Crippen molar-refractivity contribution in [2.75, 3.05) is 39.2 Å². The highest BCUT2D eigenvalue weighted by Crippen LogP contribution is 2.31. The number of fused-ring (bicyclic) bond motifs is 1. The Balaban J connectivity index is 1.35. The second-order valence-electron chi connectivity index (χ2n) is 9.43. The van der Waals surface area contributed by atoms with Crippen LogP contribution >= 0.6 is 11.6 Å². The highest BCUT2D eigenvalue weighted by Gasteiger charge is 2.16. The van der Waals surface area contributed by atoms with Gasteiger partial charge in [0.1, 0.15) is 22.8 Å². The van der Waals surface area contributed by atoms with E-state index < -0.39 is 0 Å². The van der Waals surface area contributed by atoms with E-state index >= 15 is 0 Å². The van der Waals surface area contributed by atoms with Gasteiger partial charge >= 0.3 is 0 Å². The van der Waals surface area contributed by atoms with Crippen LogP contribution in [0.2, 0.25) is 5.02 Å². The molecule has 0 aliphatic rings. The first-order valence-corrected chi connectivity index (χ1v) is 13.4. The molecule has 0 saturated carbocycles. The normalized spacial score (nSPS) is 11.9. The van der Waals surface area contributed by atoms with Crippen LogP contribution in [0.5, 0.6) is 11.5 Å². The van der Waals surface area contributed by atoms with Gasteiger partial charge in [-0.2, -0.15) is 0 Å². The van der Waals surface area contributed by atoms with E-state index in [1.807, 2.05) is 48.5 Å². The molecule has 0 aliphatic heterocycles. The standard InChI is InChI=1S/C29H35ClN6O3/c1-5-36(3)15-14-19(2)33-26-24(30)17-32-29-27(26)34-28(35-29)21-8-12-23(13-9-21)39-18-25(37)31-16-20-6-10-22(38-4)11-7-20/h6-13,17,19H,5,14-16,18H2,1-4H3,(H,31,37)(H2,32,33,34,35). The Labute approximate surface area is 233 Å². The van der Waals surface area contributed by atoms with Crippen LogP contribution in [-0.4, -0.2) is 65.7 Å². The summed E-state index contributed by atoms with van der Waals surface area (Å²) < 4.78 is 10.8. The van der Waals surface area contributed by atoms with E-state index in [1.54, 1.807) is 13.3 Å². The molecule has 0 saturated heterocycles. The number of amides is 1. The monoisotopic (exact) mass is 550 g/mol. The maximum Gasteiger partial charge on any atom is 0.258 e. The summed E-state index contributed by atoms with van der Waals surface area (Å²) in [4.78, 5) is 27.0. The van der Waals surface area contributed by atoms with E-state index in [0.29, 0.717) is 34.3 Å². The Hall–Kier alpha value is -3.82. The average molecular weight is 551 g/mol. The first-order valence-electron chi connectivity index (χ1n) is 13.0. The number of aromatic amines is 1. The lowest BCUT2D eigenvalue weighted by atomic mass is 10.2. The number of halogens is 1. The Morgan fingerprint density at radius 3 is 2.54 bits per heavy atom. The van der Waals surface area contributed by atoms with Crippen LogP contribution in [-0.2, 0) is 11.3 Å². The molecule has 0 aliphatic carbocycles. The molecular formula is C29H35ClN6O3. The van der Waals surface area contributed by atoms with E-state index in [-0.39, 0.29) is 18.6 Å². The number of nitrogens with one attached hydrogen (secondary N) is 3. The predicted molar refractivity (Wildman–Crippen MR) is 156 cm³/mol. The topological polar surface area (TPSA) is 104 Å². The van der Waals surface area contributed by atoms with Gasteiger partial charge < -0.3 is 30.0 Å². The zero-order chi connectivity index (χ0) is 27.8. The number of nitrogens with zero attached hydrogens (tertiary/aromatic N) is 3. The average Bonchev–Trinajstić information content (AvgIpc) is 3.40. The van der Waals surface area contributed by atoms with Crippen LogP contribution in [0.3, 0.4) is 0 Å². The highest BCUT2D eigenvalue weighted by molar-refractivity contribution is 6.34. The fourth-order valence-electron chi connectivity index (χ4n) is 3.95. The summed E-state index contributed by atoms with van der Waals surface area (Å²) >= 11 is 6.50. The third-order valence-electron chi connectivity index (χ3n) is 6.49. The smallest absolute Gasteiger partial charge is 0.258 e. The molecule has 0 fully saturated rings. The second-order valence-corrected chi connectivity index (χ2v) is 9.84. The molecule has 0 bridgehead atoms. The van der Waals surface area contributed by atoms with Gasteiger partial charge in [-0.05, 0) is 75.4 Å². The number of anilines is 1. The number of imidazole rings is 1. The molecule has 1 amide bonds. The molecule has 1 unspecified atom stereocenters. The molecule has 10 heteroatoms. The number of hydrogen-bond donors (Lipinski definition) is 3. The van der Waals surface area contributed by atoms with Gasteiger partial charge in [-0.15, -0.1) is 0 Å². The molecule has 3 N–H and O–H groups in total. The summed E-state index contributed by atoms with van der Waals surface area (Å²) in [5.41, 5.74) is 3.97. The minimum Gasteiger partial charge on any atom is -0.497 e. The van der Waals surface area contributed by atoms with Crippen molar-refractivity contribution in [3.8, 4) is 22.9 Å². The van der Waals surface area contributed by atoms with E-state index in [0.717, 1.165) is 42.1 Å². The summed E-state index contributed by atoms with van der Waals surface area (Å²) in [7, 11) is 3.73. The molecule has 4 aromatic rings. The maximum atomic E-state index is 12.2. The lowest BCUT2D eigenvalue weighted by molar-refractivity contribution is -0.123. The van der Waals surface area contributed by atoms with Crippen molar-refractivity contribution in [3.05, 3.63) is 65.3 Å². The summed E-state index contributed by atoms with van der Waals surface area (Å²) in [5.74, 6) is 1.83. The zero-order valence-electron chi connectivity index (χ0n) is 22.8. The van der Waals surface area contributed by atoms with Gasteiger partial charge in [-0.25, -0.2) is 9.97 Å². The Kier molecular flexibility index (Phi) is 9.62. The number of aromatic nitrogens is 3. The van der Waals surface area contributed by atoms with Crippen molar-refractivity contribution in [3.63, 3.8) is 0 Å². The molecule has 206 valence electrons. The van der Waals surface area contributed by atoms with Crippen LogP contribution in [0, 0.1) is 0 Å². The van der Waals surface area contributed by atoms with Crippen LogP contribution in [0.25, 0.3) is 22.6 Å². The van der Waals surface area contributed by atoms with E-state index in [2.05, 4.69) is 46.4 Å². The maximum absolute atomic E-state index is 12.2. The minimum absolute atomic E-state index is 0.0795. The Bertz CT molecular complexity index is 1370. The number of carbonyl (C=O) groups excluding carboxylic acids is 1. The van der Waals surface area contributed by atoms with Crippen LogP contribution in [0.15, 0.2) is 54.7 Å². The molecule has 39 heavy (non-hydrogen) atoms. The number of pyridine rings is 1. The molecule has 2 aromatic heterocycles. The number of hydrogen-bond acceptors (Lipinski definition) is 7. The quantitative estimate of drug-likeness (QED) is 0.212. The van der Waals surface area contributed by atoms with Gasteiger partial charge in [-0.3, -0.25) is 4.79 Å². The van der Waals surface area contributed by atoms with Gasteiger partial charge in [-0.1, -0.05) is 30.7 Å². The second kappa shape index (κ2) is 13.3. The van der Waals surface area contributed by atoms with Crippen molar-refractivity contribution < 1.29 is 14.3 Å². The van der Waals surface area contributed by atoms with Gasteiger partial charge in [0.25, 0.3) is 5.91 Å². The first-order chi connectivity index (χ1) is 18.9. The molecule has 2 heterocycles. The molecule has 0 spiro atoms. The summed E-state index contributed by atoms with van der Waals surface area (Å²) in [5, 5.41) is 6.90. The van der Waals surface area contributed by atoms with Gasteiger partial charge in [0.15, 0.2) is 12.3 Å². The number of carbonyl (C=O) groups is 1. The number of H-pyrrole nitrogens is 1. The summed E-state index contributed by atoms with van der Waals surface area (Å²) in [6.07, 6.45) is 2.61. The predicted octanol–water partition coefficient (Wildman–Crippen LogP) is 5.12. The van der Waals surface area contributed by atoms with Gasteiger partial charge in [0, 0.05) is 18.2 Å². The SMILES string of the molecule is CCN(C)CCC(C)Nc1c(Cl)cnc2[nH]c(-c3ccc(OCC(=O)NCc4ccc(OC)cc4)cc3)nc12. The summed E-state index contributed by atoms with van der Waals surface area (Å²) in [6, 6.07) is 15.1. The van der Waals surface area contributed by atoms with Crippen molar-refractivity contribution in [1.29, 1.82) is 0 Å². The number of ether oxygens (including phenoxy) is 2. The number of benzene rings is 2. The molecule has 2 aromatic carbocycles. The third-order valence-corrected chi connectivity index (χ3v) is 6.77. The highest BCUT2D eigenvalue weighted by atomic mass is 35.5. The van der Waals surface area contributed by atoms with Crippen LogP contribution < -0.4 is 20.1 Å². The van der Waals surface area contributed by atoms with Crippen LogP contribution in [0.1, 0.15) is 25.8 Å². The lowest BCUT2D eigenvalue weighted by Crippen LogP contribution is -2.28. The molecule has 1 atom stereocenters. The molecular weight excluding hydrogens is 516 g/mol. The zero-order valence-corrected chi connectivity index (χ0v) is 23.5. The van der Waals surface area contributed by atoms with Crippen molar-refractivity contribution in [2.24, 2.45) is 0 Å². The van der Waals surface area contributed by atoms with E-state index in [9.17, 15) is 4.79 Å². The molecule has 9 nitrogen and oxygen atoms in total. The molecule has 4 rings (SSSR count). The largest absolute Gasteiger partial charge is 0.497 e. The Morgan fingerprint density at radius 2 is 1.85 bits per heavy atom. The molecule has 0 radical (unpaired) electrons. The van der Waals surface area contributed by atoms with E-state index in [4.69, 9.17) is 26.1 Å². The van der Waals surface area contributed by atoms with Gasteiger partial charge in [0.05, 0.1) is 24.0 Å². The number of rotatable bonds is 13. The third kappa shape index (κ3) is 7.61. The fraction of sp³-hybridized carbons (Fsp3) is 0.345. The van der Waals surface area contributed by atoms with Crippen molar-refractivity contribution in [1.82, 2.24) is 25.2 Å². The van der Waals surface area contributed by atoms with E-state index in [1.165, 1.54) is 0 Å². The van der Waals surface area contributed by atoms with Crippen molar-refractivity contribution >= 4 is 34.4 Å². The van der Waals surface area contributed by atoms with Crippen LogP contribution in [0.4, 0.5) is 5.69 Å². The summed E-state index contributed by atoms with van der Waals surface area (Å²) in [6.45, 7) is 6.62. The van der Waals surface area contributed by atoms with Crippen molar-refractivity contribution in [2.45, 2.75) is 32.9 Å². The number of methoxy groups -OCH3 is 1. The lowest BCUT2D eigenvalue weighted by Gasteiger charge is -2.20. The van der Waals surface area contributed by atoms with Gasteiger partial charge in [0.2, 0.25) is 0 Å². The minimum atomic E-state index is -0.203. The fourth-order valence-corrected chi connectivity index (χ4v) is 4.14. The Morgan fingerprint density at radius 1 is 1.13 bits per heavy atom. The first kappa shape index (κ1) is 28.2.